The zero-order chi connectivity index (χ0) is 12.2. The predicted octanol–water partition coefficient (Wildman–Crippen LogP) is 1.73. The Labute approximate surface area is 91.2 Å². The number of alkyl halides is 3. The highest BCUT2D eigenvalue weighted by molar-refractivity contribution is 5.83. The molecule has 0 saturated heterocycles. The smallest absolute Gasteiger partial charge is 0.401 e. The van der Waals surface area contributed by atoms with Gasteiger partial charge < -0.3 is 15.7 Å². The van der Waals surface area contributed by atoms with E-state index >= 15 is 0 Å². The van der Waals surface area contributed by atoms with Gasteiger partial charge in [0.1, 0.15) is 5.92 Å². The van der Waals surface area contributed by atoms with Gasteiger partial charge in [0.15, 0.2) is 5.84 Å². The van der Waals surface area contributed by atoms with Crippen LogP contribution in [-0.2, 0) is 4.74 Å². The molecule has 0 aromatic heterocycles. The summed E-state index contributed by atoms with van der Waals surface area (Å²) in [4.78, 5) is 0. The third-order valence-electron chi connectivity index (χ3n) is 2.52. The van der Waals surface area contributed by atoms with Gasteiger partial charge in [-0.25, -0.2) is 0 Å². The van der Waals surface area contributed by atoms with Crippen LogP contribution in [0.1, 0.15) is 19.3 Å². The first-order valence-electron chi connectivity index (χ1n) is 5.07. The van der Waals surface area contributed by atoms with Crippen LogP contribution in [0.5, 0.6) is 0 Å². The van der Waals surface area contributed by atoms with Crippen LogP contribution in [0, 0.1) is 11.8 Å². The quantitative estimate of drug-likeness (QED) is 0.244. The fraction of sp³-hybridized carbons (Fsp3) is 0.889. The summed E-state index contributed by atoms with van der Waals surface area (Å²) >= 11 is 0. The molecular weight excluding hydrogens is 225 g/mol. The molecule has 1 aliphatic rings. The van der Waals surface area contributed by atoms with Crippen molar-refractivity contribution in [3.05, 3.63) is 0 Å². The van der Waals surface area contributed by atoms with Crippen molar-refractivity contribution in [1.29, 1.82) is 0 Å². The maximum absolute atomic E-state index is 12.4. The summed E-state index contributed by atoms with van der Waals surface area (Å²) in [5.41, 5.74) is 4.96. The molecule has 0 radical (unpaired) electrons. The first kappa shape index (κ1) is 13.1. The molecule has 4 nitrogen and oxygen atoms in total. The second kappa shape index (κ2) is 5.38. The largest absolute Gasteiger partial charge is 0.409 e. The highest BCUT2D eigenvalue weighted by Gasteiger charge is 2.43. The zero-order valence-corrected chi connectivity index (χ0v) is 8.70. The van der Waals surface area contributed by atoms with Gasteiger partial charge in [-0.1, -0.05) is 18.0 Å². The van der Waals surface area contributed by atoms with Crippen molar-refractivity contribution >= 4 is 5.84 Å². The van der Waals surface area contributed by atoms with Gasteiger partial charge in [-0.2, -0.15) is 13.2 Å². The van der Waals surface area contributed by atoms with E-state index in [9.17, 15) is 13.2 Å². The van der Waals surface area contributed by atoms with Crippen molar-refractivity contribution in [2.24, 2.45) is 22.7 Å². The summed E-state index contributed by atoms with van der Waals surface area (Å²) in [5.74, 6) is -2.29. The Bertz CT molecular complexity index is 252. The highest BCUT2D eigenvalue weighted by Crippen LogP contribution is 2.32. The Kier molecular flexibility index (Phi) is 4.40. The molecule has 1 rings (SSSR count). The lowest BCUT2D eigenvalue weighted by Crippen LogP contribution is -2.39. The van der Waals surface area contributed by atoms with Crippen LogP contribution in [0.25, 0.3) is 0 Å². The molecule has 1 aliphatic carbocycles. The minimum atomic E-state index is -4.55. The average molecular weight is 240 g/mol. The van der Waals surface area contributed by atoms with E-state index in [-0.39, 0.29) is 6.61 Å². The number of nitrogens with two attached hydrogens (primary N) is 1. The van der Waals surface area contributed by atoms with Crippen molar-refractivity contribution in [3.63, 3.8) is 0 Å². The van der Waals surface area contributed by atoms with Crippen LogP contribution in [-0.4, -0.2) is 30.4 Å². The third kappa shape index (κ3) is 4.26. The molecule has 0 spiro atoms. The van der Waals surface area contributed by atoms with Gasteiger partial charge in [-0.3, -0.25) is 0 Å². The van der Waals surface area contributed by atoms with E-state index < -0.39 is 24.5 Å². The van der Waals surface area contributed by atoms with Crippen LogP contribution >= 0.6 is 0 Å². The molecule has 0 amide bonds. The van der Waals surface area contributed by atoms with Gasteiger partial charge >= 0.3 is 6.18 Å². The Morgan fingerprint density at radius 1 is 1.50 bits per heavy atom. The first-order chi connectivity index (χ1) is 7.45. The Hall–Kier alpha value is -0.980. The van der Waals surface area contributed by atoms with E-state index in [0.717, 1.165) is 19.3 Å². The molecule has 16 heavy (non-hydrogen) atoms. The maximum atomic E-state index is 12.4. The summed E-state index contributed by atoms with van der Waals surface area (Å²) in [6.45, 7) is -0.304. The van der Waals surface area contributed by atoms with E-state index in [0.29, 0.717) is 5.92 Å². The molecule has 0 aliphatic heterocycles. The molecule has 7 heteroatoms. The van der Waals surface area contributed by atoms with Crippen LogP contribution in [0.2, 0.25) is 0 Å². The molecule has 1 atom stereocenters. The highest BCUT2D eigenvalue weighted by atomic mass is 19.4. The number of nitrogens with zero attached hydrogens (tertiary/aromatic N) is 1. The number of oxime groups is 1. The molecule has 1 unspecified atom stereocenters. The number of hydrogen-bond donors (Lipinski definition) is 2. The number of amidine groups is 1. The summed E-state index contributed by atoms with van der Waals surface area (Å²) < 4.78 is 42.1. The van der Waals surface area contributed by atoms with Crippen LogP contribution < -0.4 is 5.73 Å². The zero-order valence-electron chi connectivity index (χ0n) is 8.70. The van der Waals surface area contributed by atoms with Gasteiger partial charge in [-0.15, -0.1) is 0 Å². The topological polar surface area (TPSA) is 67.8 Å². The van der Waals surface area contributed by atoms with Gasteiger partial charge in [0, 0.05) is 6.61 Å². The second-order valence-corrected chi connectivity index (χ2v) is 3.93. The predicted molar refractivity (Wildman–Crippen MR) is 51.1 cm³/mol. The number of rotatable bonds is 6. The summed E-state index contributed by atoms with van der Waals surface area (Å²) in [7, 11) is 0. The molecule has 0 bridgehead atoms. The van der Waals surface area contributed by atoms with E-state index in [2.05, 4.69) is 5.16 Å². The van der Waals surface area contributed by atoms with Gasteiger partial charge in [0.2, 0.25) is 0 Å². The van der Waals surface area contributed by atoms with E-state index in [4.69, 9.17) is 15.7 Å². The van der Waals surface area contributed by atoms with Crippen LogP contribution in [0.3, 0.4) is 0 Å². The number of halogens is 3. The molecule has 0 aromatic carbocycles. The molecule has 0 aromatic rings. The van der Waals surface area contributed by atoms with E-state index in [1.54, 1.807) is 0 Å². The van der Waals surface area contributed by atoms with Crippen LogP contribution in [0.15, 0.2) is 5.16 Å². The number of hydrogen-bond acceptors (Lipinski definition) is 3. The lowest BCUT2D eigenvalue weighted by molar-refractivity contribution is -0.168. The van der Waals surface area contributed by atoms with Gasteiger partial charge in [0.05, 0.1) is 6.61 Å². The first-order valence-corrected chi connectivity index (χ1v) is 5.07. The standard InChI is InChI=1S/C9H15F3N2O2/c10-9(11,12)7(8(13)14-15)5-16-4-3-6-1-2-6/h6-7,15H,1-5H2,(H2,13,14). The fourth-order valence-electron chi connectivity index (χ4n) is 1.27. The fourth-order valence-corrected chi connectivity index (χ4v) is 1.27. The maximum Gasteiger partial charge on any atom is 0.401 e. The minimum absolute atomic E-state index is 0.288. The molecule has 1 fully saturated rings. The van der Waals surface area contributed by atoms with Crippen molar-refractivity contribution in [2.75, 3.05) is 13.2 Å². The van der Waals surface area contributed by atoms with Gasteiger partial charge in [0.25, 0.3) is 0 Å². The molecule has 1 saturated carbocycles. The normalized spacial score (nSPS) is 19.8. The van der Waals surface area contributed by atoms with Crippen molar-refractivity contribution in [2.45, 2.75) is 25.4 Å². The average Bonchev–Trinajstić information content (AvgIpc) is 2.98. The molecule has 94 valence electrons. The second-order valence-electron chi connectivity index (χ2n) is 3.93. The van der Waals surface area contributed by atoms with Crippen molar-refractivity contribution in [3.8, 4) is 0 Å². The summed E-state index contributed by atoms with van der Waals surface area (Å²) in [6.07, 6.45) is -1.50. The SMILES string of the molecule is NC(=NO)C(COCCC1CC1)C(F)(F)F. The van der Waals surface area contributed by atoms with Gasteiger partial charge in [-0.05, 0) is 12.3 Å². The summed E-state index contributed by atoms with van der Waals surface area (Å²) in [5, 5.41) is 10.6. The van der Waals surface area contributed by atoms with Crippen molar-refractivity contribution in [1.82, 2.24) is 0 Å². The monoisotopic (exact) mass is 240 g/mol. The molecule has 0 heterocycles. The van der Waals surface area contributed by atoms with E-state index in [1.165, 1.54) is 0 Å². The third-order valence-corrected chi connectivity index (χ3v) is 2.52. The number of ether oxygens (including phenoxy) is 1. The summed E-state index contributed by atoms with van der Waals surface area (Å²) in [6, 6.07) is 0. The molecular formula is C9H15F3N2O2. The Morgan fingerprint density at radius 3 is 2.56 bits per heavy atom. The minimum Gasteiger partial charge on any atom is -0.409 e. The lowest BCUT2D eigenvalue weighted by atomic mass is 10.1. The Balaban J connectivity index is 2.31. The van der Waals surface area contributed by atoms with Crippen molar-refractivity contribution < 1.29 is 23.1 Å². The Morgan fingerprint density at radius 2 is 2.12 bits per heavy atom. The lowest BCUT2D eigenvalue weighted by Gasteiger charge is -2.18. The van der Waals surface area contributed by atoms with E-state index in [1.807, 2.05) is 0 Å². The molecule has 3 N–H and O–H groups in total. The van der Waals surface area contributed by atoms with Crippen LogP contribution in [0.4, 0.5) is 13.2 Å².